The average Bonchev–Trinajstić information content (AvgIpc) is 2.44. The first-order chi connectivity index (χ1) is 6.22. The number of rotatable bonds is 1. The van der Waals surface area contributed by atoms with Gasteiger partial charge >= 0.3 is 0 Å². The predicted octanol–water partition coefficient (Wildman–Crippen LogP) is 1.28. The highest BCUT2D eigenvalue weighted by Gasteiger charge is 2.26. The van der Waals surface area contributed by atoms with E-state index in [1.807, 2.05) is 0 Å². The summed E-state index contributed by atoms with van der Waals surface area (Å²) in [4.78, 5) is 12.4. The first-order valence-electron chi connectivity index (χ1n) is 3.89. The van der Waals surface area contributed by atoms with Gasteiger partial charge in [0.1, 0.15) is 5.75 Å². The van der Waals surface area contributed by atoms with Gasteiger partial charge in [-0.25, -0.2) is 4.39 Å². The number of aromatic hydroxyl groups is 1. The van der Waals surface area contributed by atoms with Crippen LogP contribution in [0.2, 0.25) is 0 Å². The molecule has 0 spiro atoms. The summed E-state index contributed by atoms with van der Waals surface area (Å²) in [6.45, 7) is -0.487. The molecule has 0 radical (unpaired) electrons. The van der Waals surface area contributed by atoms with Gasteiger partial charge in [-0.1, -0.05) is 6.07 Å². The Hall–Kier alpha value is -1.58. The third kappa shape index (κ3) is 1.14. The zero-order chi connectivity index (χ0) is 9.42. The number of hydrogen-bond donors (Lipinski definition) is 1. The van der Waals surface area contributed by atoms with Crippen LogP contribution < -0.4 is 0 Å². The average molecular weight is 181 g/mol. The summed E-state index contributed by atoms with van der Waals surface area (Å²) in [6.07, 6.45) is 0. The van der Waals surface area contributed by atoms with Crippen LogP contribution in [0, 0.1) is 0 Å². The topological polar surface area (TPSA) is 40.5 Å². The predicted molar refractivity (Wildman–Crippen MR) is 44.0 cm³/mol. The Balaban J connectivity index is 2.45. The Bertz CT molecular complexity index is 365. The number of nitrogens with zero attached hydrogens (tertiary/aromatic N) is 1. The number of halogens is 1. The second-order valence-corrected chi connectivity index (χ2v) is 2.96. The first-order valence-corrected chi connectivity index (χ1v) is 3.89. The summed E-state index contributed by atoms with van der Waals surface area (Å²) < 4.78 is 12.3. The van der Waals surface area contributed by atoms with E-state index in [1.165, 1.54) is 12.1 Å². The van der Waals surface area contributed by atoms with Crippen molar-refractivity contribution in [2.45, 2.75) is 6.54 Å². The fraction of sp³-hybridized carbons (Fsp3) is 0.222. The molecule has 1 amide bonds. The van der Waals surface area contributed by atoms with Crippen LogP contribution in [0.1, 0.15) is 15.9 Å². The third-order valence-electron chi connectivity index (χ3n) is 2.12. The second-order valence-electron chi connectivity index (χ2n) is 2.96. The largest absolute Gasteiger partial charge is 0.508 e. The Morgan fingerprint density at radius 3 is 3.00 bits per heavy atom. The molecule has 0 atom stereocenters. The van der Waals surface area contributed by atoms with Gasteiger partial charge in [0, 0.05) is 12.1 Å². The number of alkyl halides is 1. The lowest BCUT2D eigenvalue weighted by molar-refractivity contribution is 0.0705. The minimum atomic E-state index is -0.783. The molecule has 0 saturated heterocycles. The maximum Gasteiger partial charge on any atom is 0.256 e. The van der Waals surface area contributed by atoms with Crippen molar-refractivity contribution in [3.63, 3.8) is 0 Å². The maximum absolute atomic E-state index is 12.3. The van der Waals surface area contributed by atoms with Gasteiger partial charge in [0.05, 0.1) is 0 Å². The van der Waals surface area contributed by atoms with Crippen molar-refractivity contribution in [3.05, 3.63) is 29.3 Å². The van der Waals surface area contributed by atoms with Crippen molar-refractivity contribution < 1.29 is 14.3 Å². The van der Waals surface area contributed by atoms with Crippen LogP contribution in [0.15, 0.2) is 18.2 Å². The Morgan fingerprint density at radius 1 is 1.54 bits per heavy atom. The summed E-state index contributed by atoms with van der Waals surface area (Å²) in [5.74, 6) is -0.318. The van der Waals surface area contributed by atoms with Crippen LogP contribution in [-0.4, -0.2) is 22.7 Å². The van der Waals surface area contributed by atoms with Gasteiger partial charge in [0.15, 0.2) is 6.80 Å². The van der Waals surface area contributed by atoms with E-state index in [-0.39, 0.29) is 11.7 Å². The summed E-state index contributed by atoms with van der Waals surface area (Å²) in [5, 5.41) is 9.11. The number of hydrogen-bond acceptors (Lipinski definition) is 2. The molecule has 1 aromatic rings. The standard InChI is InChI=1S/C9H8FNO2/c10-5-11-4-6-1-2-7(12)3-8(6)9(11)13/h1-3,12H,4-5H2. The zero-order valence-electron chi connectivity index (χ0n) is 6.83. The SMILES string of the molecule is O=C1c2cc(O)ccc2CN1CF. The number of carbonyl (C=O) groups excluding carboxylic acids is 1. The number of amides is 1. The molecule has 68 valence electrons. The molecule has 1 N–H and O–H groups in total. The minimum absolute atomic E-state index is 0.0350. The molecule has 4 heteroatoms. The zero-order valence-corrected chi connectivity index (χ0v) is 6.83. The van der Waals surface area contributed by atoms with Gasteiger partial charge in [-0.05, 0) is 17.7 Å². The normalized spacial score (nSPS) is 14.8. The van der Waals surface area contributed by atoms with Gasteiger partial charge < -0.3 is 10.0 Å². The monoisotopic (exact) mass is 181 g/mol. The molecule has 1 aliphatic rings. The first kappa shape index (κ1) is 8.04. The van der Waals surface area contributed by atoms with Crippen molar-refractivity contribution in [2.24, 2.45) is 0 Å². The quantitative estimate of drug-likeness (QED) is 0.663. The van der Waals surface area contributed by atoms with Crippen molar-refractivity contribution >= 4 is 5.91 Å². The van der Waals surface area contributed by atoms with E-state index in [0.29, 0.717) is 12.1 Å². The lowest BCUT2D eigenvalue weighted by Crippen LogP contribution is -2.22. The molecule has 0 saturated carbocycles. The number of fused-ring (bicyclic) bond motifs is 1. The van der Waals surface area contributed by atoms with Crippen LogP contribution in [0.25, 0.3) is 0 Å². The van der Waals surface area contributed by atoms with Crippen LogP contribution in [0.3, 0.4) is 0 Å². The molecule has 1 heterocycles. The third-order valence-corrected chi connectivity index (χ3v) is 2.12. The van der Waals surface area contributed by atoms with E-state index >= 15 is 0 Å². The van der Waals surface area contributed by atoms with E-state index in [2.05, 4.69) is 0 Å². The summed E-state index contributed by atoms with van der Waals surface area (Å²) >= 11 is 0. The number of phenolic OH excluding ortho intramolecular Hbond substituents is 1. The van der Waals surface area contributed by atoms with Crippen LogP contribution in [0.4, 0.5) is 4.39 Å². The lowest BCUT2D eigenvalue weighted by atomic mass is 10.1. The van der Waals surface area contributed by atoms with Gasteiger partial charge in [0.2, 0.25) is 0 Å². The van der Waals surface area contributed by atoms with Gasteiger partial charge in [-0.15, -0.1) is 0 Å². The number of benzene rings is 1. The molecule has 1 aliphatic heterocycles. The molecular formula is C9H8FNO2. The molecule has 3 nitrogen and oxygen atoms in total. The number of phenols is 1. The summed E-state index contributed by atoms with van der Waals surface area (Å²) in [5.41, 5.74) is 1.16. The van der Waals surface area contributed by atoms with E-state index in [4.69, 9.17) is 5.11 Å². The van der Waals surface area contributed by atoms with Crippen molar-refractivity contribution in [2.75, 3.05) is 6.80 Å². The lowest BCUT2D eigenvalue weighted by Gasteiger charge is -2.07. The van der Waals surface area contributed by atoms with Crippen molar-refractivity contribution in [1.29, 1.82) is 0 Å². The molecule has 2 rings (SSSR count). The molecular weight excluding hydrogens is 173 g/mol. The summed E-state index contributed by atoms with van der Waals surface area (Å²) in [6, 6.07) is 4.50. The smallest absolute Gasteiger partial charge is 0.256 e. The van der Waals surface area contributed by atoms with Crippen molar-refractivity contribution in [1.82, 2.24) is 4.90 Å². The fourth-order valence-corrected chi connectivity index (χ4v) is 1.45. The molecule has 0 bridgehead atoms. The van der Waals surface area contributed by atoms with E-state index in [9.17, 15) is 9.18 Å². The molecule has 1 aromatic carbocycles. The number of carbonyl (C=O) groups is 1. The Kier molecular flexibility index (Phi) is 1.69. The van der Waals surface area contributed by atoms with E-state index in [0.717, 1.165) is 10.5 Å². The molecule has 0 aliphatic carbocycles. The van der Waals surface area contributed by atoms with Crippen LogP contribution >= 0.6 is 0 Å². The molecule has 0 fully saturated rings. The molecule has 0 aromatic heterocycles. The Morgan fingerprint density at radius 2 is 2.31 bits per heavy atom. The highest BCUT2D eigenvalue weighted by Crippen LogP contribution is 2.25. The highest BCUT2D eigenvalue weighted by molar-refractivity contribution is 5.98. The second kappa shape index (κ2) is 2.73. The van der Waals surface area contributed by atoms with Gasteiger partial charge in [-0.3, -0.25) is 4.79 Å². The molecule has 0 unspecified atom stereocenters. The summed E-state index contributed by atoms with van der Waals surface area (Å²) in [7, 11) is 0. The minimum Gasteiger partial charge on any atom is -0.508 e. The van der Waals surface area contributed by atoms with E-state index in [1.54, 1.807) is 6.07 Å². The molecule has 13 heavy (non-hydrogen) atoms. The van der Waals surface area contributed by atoms with Gasteiger partial charge in [-0.2, -0.15) is 0 Å². The van der Waals surface area contributed by atoms with Crippen LogP contribution in [0.5, 0.6) is 5.75 Å². The van der Waals surface area contributed by atoms with Crippen molar-refractivity contribution in [3.8, 4) is 5.75 Å². The maximum atomic E-state index is 12.3. The Labute approximate surface area is 74.4 Å². The highest BCUT2D eigenvalue weighted by atomic mass is 19.1. The van der Waals surface area contributed by atoms with Gasteiger partial charge in [0.25, 0.3) is 5.91 Å². The van der Waals surface area contributed by atoms with E-state index < -0.39 is 6.80 Å². The fourth-order valence-electron chi connectivity index (χ4n) is 1.45. The van der Waals surface area contributed by atoms with Crippen LogP contribution in [-0.2, 0) is 6.54 Å².